The average molecular weight is 468 g/mol. The Labute approximate surface area is 192 Å². The van der Waals surface area contributed by atoms with Crippen molar-refractivity contribution in [3.8, 4) is 11.6 Å². The number of nitrogens with one attached hydrogen (secondary N) is 2. The third-order valence-electron chi connectivity index (χ3n) is 4.62. The number of hydrogen-bond acceptors (Lipinski definition) is 6. The van der Waals surface area contributed by atoms with Crippen LogP contribution in [0, 0.1) is 13.8 Å². The molecule has 0 aliphatic rings. The molecule has 0 atom stereocenters. The van der Waals surface area contributed by atoms with Gasteiger partial charge in [0.1, 0.15) is 5.75 Å². The van der Waals surface area contributed by atoms with Crippen molar-refractivity contribution in [2.45, 2.75) is 20.2 Å². The van der Waals surface area contributed by atoms with Crippen LogP contribution in [0.15, 0.2) is 66.7 Å². The summed E-state index contributed by atoms with van der Waals surface area (Å²) in [4.78, 5) is 12.4. The Balaban J connectivity index is 1.38. The number of anilines is 3. The van der Waals surface area contributed by atoms with E-state index in [2.05, 4.69) is 30.7 Å². The van der Waals surface area contributed by atoms with Crippen LogP contribution in [0.5, 0.6) is 5.75 Å². The number of carbonyl (C=O) groups excluding carboxylic acids is 1. The Morgan fingerprint density at radius 1 is 0.941 bits per heavy atom. The quantitative estimate of drug-likeness (QED) is 0.405. The highest BCUT2D eigenvalue weighted by Gasteiger charge is 2.31. The van der Waals surface area contributed by atoms with E-state index in [0.717, 1.165) is 23.5 Å². The summed E-state index contributed by atoms with van der Waals surface area (Å²) in [6.07, 6.45) is -4.83. The number of amides is 1. The Bertz CT molecular complexity index is 1300. The number of halogens is 3. The van der Waals surface area contributed by atoms with Crippen molar-refractivity contribution in [2.24, 2.45) is 0 Å². The largest absolute Gasteiger partial charge is 0.573 e. The van der Waals surface area contributed by atoms with Crippen molar-refractivity contribution >= 4 is 23.1 Å². The molecule has 4 aromatic rings. The molecule has 2 N–H and O–H groups in total. The van der Waals surface area contributed by atoms with Gasteiger partial charge in [-0.2, -0.15) is 5.10 Å². The lowest BCUT2D eigenvalue weighted by molar-refractivity contribution is -0.274. The Hall–Kier alpha value is -4.41. The predicted octanol–water partition coefficient (Wildman–Crippen LogP) is 5.17. The highest BCUT2D eigenvalue weighted by molar-refractivity contribution is 6.04. The van der Waals surface area contributed by atoms with Gasteiger partial charge >= 0.3 is 6.36 Å². The number of benzene rings is 2. The fraction of sp³-hybridized carbons (Fsp3) is 0.130. The van der Waals surface area contributed by atoms with E-state index in [0.29, 0.717) is 23.0 Å². The van der Waals surface area contributed by atoms with Crippen molar-refractivity contribution in [1.82, 2.24) is 20.0 Å². The van der Waals surface area contributed by atoms with Crippen LogP contribution < -0.4 is 15.4 Å². The van der Waals surface area contributed by atoms with E-state index in [1.54, 1.807) is 41.1 Å². The Morgan fingerprint density at radius 2 is 1.68 bits per heavy atom. The second-order valence-electron chi connectivity index (χ2n) is 7.35. The maximum atomic E-state index is 12.4. The lowest BCUT2D eigenvalue weighted by Crippen LogP contribution is -2.18. The number of aromatic nitrogens is 4. The minimum absolute atomic E-state index is 0.0296. The zero-order valence-electron chi connectivity index (χ0n) is 18.1. The van der Waals surface area contributed by atoms with Gasteiger partial charge in [-0.05, 0) is 74.5 Å². The molecule has 0 aliphatic heterocycles. The number of nitrogens with zero attached hydrogens (tertiary/aromatic N) is 4. The van der Waals surface area contributed by atoms with Crippen LogP contribution >= 0.6 is 0 Å². The molecule has 2 heterocycles. The summed E-state index contributed by atoms with van der Waals surface area (Å²) in [6.45, 7) is 3.83. The summed E-state index contributed by atoms with van der Waals surface area (Å²) >= 11 is 0. The summed E-state index contributed by atoms with van der Waals surface area (Å²) < 4.78 is 42.7. The molecule has 2 aromatic heterocycles. The highest BCUT2D eigenvalue weighted by atomic mass is 19.4. The van der Waals surface area contributed by atoms with Crippen molar-refractivity contribution in [1.29, 1.82) is 0 Å². The molecule has 34 heavy (non-hydrogen) atoms. The van der Waals surface area contributed by atoms with Crippen molar-refractivity contribution in [3.63, 3.8) is 0 Å². The molecule has 0 saturated heterocycles. The first-order chi connectivity index (χ1) is 16.2. The van der Waals surface area contributed by atoms with Crippen LogP contribution in [0.1, 0.15) is 21.7 Å². The van der Waals surface area contributed by atoms with E-state index in [4.69, 9.17) is 0 Å². The van der Waals surface area contributed by atoms with Crippen LogP contribution in [0.2, 0.25) is 0 Å². The number of rotatable bonds is 6. The molecule has 0 spiro atoms. The lowest BCUT2D eigenvalue weighted by atomic mass is 10.2. The summed E-state index contributed by atoms with van der Waals surface area (Å²) in [5.41, 5.74) is 3.03. The van der Waals surface area contributed by atoms with Crippen LogP contribution in [-0.4, -0.2) is 32.2 Å². The molecule has 0 radical (unpaired) electrons. The maximum absolute atomic E-state index is 12.4. The fourth-order valence-electron chi connectivity index (χ4n) is 3.19. The third-order valence-corrected chi connectivity index (χ3v) is 4.62. The topological polar surface area (TPSA) is 94.0 Å². The van der Waals surface area contributed by atoms with Gasteiger partial charge in [-0.1, -0.05) is 6.07 Å². The van der Waals surface area contributed by atoms with Crippen LogP contribution in [0.25, 0.3) is 5.82 Å². The molecule has 2 aromatic carbocycles. The molecule has 0 saturated carbocycles. The smallest absolute Gasteiger partial charge is 0.406 e. The van der Waals surface area contributed by atoms with Crippen molar-refractivity contribution in [3.05, 3.63) is 83.7 Å². The molecule has 11 heteroatoms. The Kier molecular flexibility index (Phi) is 6.17. The van der Waals surface area contributed by atoms with E-state index < -0.39 is 18.0 Å². The van der Waals surface area contributed by atoms with Gasteiger partial charge in [0.25, 0.3) is 5.91 Å². The van der Waals surface area contributed by atoms with Gasteiger partial charge in [0.05, 0.1) is 5.69 Å². The minimum atomic E-state index is -4.83. The molecule has 0 aliphatic carbocycles. The minimum Gasteiger partial charge on any atom is -0.406 e. The molecule has 8 nitrogen and oxygen atoms in total. The molecule has 0 bridgehead atoms. The van der Waals surface area contributed by atoms with Gasteiger partial charge in [0.2, 0.25) is 0 Å². The highest BCUT2D eigenvalue weighted by Crippen LogP contribution is 2.24. The van der Waals surface area contributed by atoms with Gasteiger partial charge < -0.3 is 15.4 Å². The third kappa shape index (κ3) is 5.68. The monoisotopic (exact) mass is 468 g/mol. The van der Waals surface area contributed by atoms with Gasteiger partial charge in [-0.15, -0.1) is 23.4 Å². The SMILES string of the molecule is Cc1cc(C)n(-c2ccc(Nc3ccc(NC(=O)c4cccc(OC(F)(F)F)c4)cc3)nn2)n1. The molecule has 1 amide bonds. The standard InChI is InChI=1S/C23H19F3N6O2/c1-14-12-15(2)32(31-14)21-11-10-20(29-30-21)27-17-6-8-18(9-7-17)28-22(33)16-4-3-5-19(13-16)34-23(24,25)26/h3-13H,1-2H3,(H,27,29)(H,28,33). The lowest BCUT2D eigenvalue weighted by Gasteiger charge is -2.11. The molecule has 174 valence electrons. The maximum Gasteiger partial charge on any atom is 0.573 e. The van der Waals surface area contributed by atoms with Gasteiger partial charge in [0.15, 0.2) is 11.6 Å². The van der Waals surface area contributed by atoms with Crippen molar-refractivity contribution < 1.29 is 22.7 Å². The normalized spacial score (nSPS) is 11.2. The van der Waals surface area contributed by atoms with Gasteiger partial charge in [0, 0.05) is 22.6 Å². The zero-order valence-corrected chi connectivity index (χ0v) is 18.1. The first-order valence-corrected chi connectivity index (χ1v) is 10.1. The summed E-state index contributed by atoms with van der Waals surface area (Å²) in [5, 5.41) is 18.5. The van der Waals surface area contributed by atoms with E-state index in [1.807, 2.05) is 19.9 Å². The van der Waals surface area contributed by atoms with Crippen LogP contribution in [0.3, 0.4) is 0 Å². The molecule has 4 rings (SSSR count). The number of alkyl halides is 3. The fourth-order valence-corrected chi connectivity index (χ4v) is 3.19. The average Bonchev–Trinajstić information content (AvgIpc) is 3.12. The van der Waals surface area contributed by atoms with E-state index in [1.165, 1.54) is 12.1 Å². The van der Waals surface area contributed by atoms with Gasteiger partial charge in [-0.3, -0.25) is 4.79 Å². The Morgan fingerprint density at radius 3 is 2.29 bits per heavy atom. The summed E-state index contributed by atoms with van der Waals surface area (Å²) in [7, 11) is 0. The van der Waals surface area contributed by atoms with Crippen LogP contribution in [0.4, 0.5) is 30.4 Å². The second-order valence-corrected chi connectivity index (χ2v) is 7.35. The summed E-state index contributed by atoms with van der Waals surface area (Å²) in [6, 6.07) is 17.1. The van der Waals surface area contributed by atoms with E-state index in [9.17, 15) is 18.0 Å². The van der Waals surface area contributed by atoms with E-state index >= 15 is 0 Å². The number of aryl methyl sites for hydroxylation is 2. The molecule has 0 fully saturated rings. The zero-order chi connectivity index (χ0) is 24.3. The molecule has 0 unspecified atom stereocenters. The summed E-state index contributed by atoms with van der Waals surface area (Å²) in [5.74, 6) is 0.0751. The first-order valence-electron chi connectivity index (χ1n) is 10.1. The molecular formula is C23H19F3N6O2. The number of carbonyl (C=O) groups is 1. The molecular weight excluding hydrogens is 449 g/mol. The predicted molar refractivity (Wildman–Crippen MR) is 119 cm³/mol. The number of ether oxygens (including phenoxy) is 1. The van der Waals surface area contributed by atoms with E-state index in [-0.39, 0.29) is 5.56 Å². The van der Waals surface area contributed by atoms with Crippen molar-refractivity contribution in [2.75, 3.05) is 10.6 Å². The van der Waals surface area contributed by atoms with Crippen LogP contribution in [-0.2, 0) is 0 Å². The number of hydrogen-bond donors (Lipinski definition) is 2. The first kappa shape index (κ1) is 22.8. The second kappa shape index (κ2) is 9.22. The van der Waals surface area contributed by atoms with Gasteiger partial charge in [-0.25, -0.2) is 4.68 Å².